The number of benzene rings is 2. The molecule has 0 bridgehead atoms. The normalized spacial score (nSPS) is 10.6. The lowest BCUT2D eigenvalue weighted by Gasteiger charge is -2.09. The Bertz CT molecular complexity index is 553. The third-order valence-electron chi connectivity index (χ3n) is 2.67. The Balaban J connectivity index is 2.64. The Labute approximate surface area is 98.3 Å². The van der Waals surface area contributed by atoms with Gasteiger partial charge < -0.3 is 5.11 Å². The van der Waals surface area contributed by atoms with Crippen LogP contribution in [0, 0.1) is 25.5 Å². The molecular formula is C14H12F2O. The van der Waals surface area contributed by atoms with Crippen molar-refractivity contribution >= 4 is 0 Å². The zero-order valence-electron chi connectivity index (χ0n) is 9.59. The van der Waals surface area contributed by atoms with Gasteiger partial charge in [0.15, 0.2) is 11.6 Å². The smallest absolute Gasteiger partial charge is 0.165 e. The summed E-state index contributed by atoms with van der Waals surface area (Å²) in [5.41, 5.74) is 2.36. The highest BCUT2D eigenvalue weighted by atomic mass is 19.1. The zero-order chi connectivity index (χ0) is 12.6. The predicted molar refractivity (Wildman–Crippen MR) is 62.9 cm³/mol. The Morgan fingerprint density at radius 3 is 2.24 bits per heavy atom. The fourth-order valence-electron chi connectivity index (χ4n) is 1.94. The summed E-state index contributed by atoms with van der Waals surface area (Å²) in [4.78, 5) is 0. The van der Waals surface area contributed by atoms with Crippen molar-refractivity contribution in [3.63, 3.8) is 0 Å². The monoisotopic (exact) mass is 234 g/mol. The molecule has 3 heteroatoms. The van der Waals surface area contributed by atoms with Gasteiger partial charge in [0.1, 0.15) is 5.82 Å². The molecule has 0 unspecified atom stereocenters. The van der Waals surface area contributed by atoms with E-state index in [2.05, 4.69) is 0 Å². The average molecular weight is 234 g/mol. The zero-order valence-corrected chi connectivity index (χ0v) is 9.59. The van der Waals surface area contributed by atoms with Gasteiger partial charge in [-0.1, -0.05) is 12.1 Å². The van der Waals surface area contributed by atoms with Gasteiger partial charge in [-0.15, -0.1) is 0 Å². The summed E-state index contributed by atoms with van der Waals surface area (Å²) in [6, 6.07) is 7.11. The number of hydrogen-bond acceptors (Lipinski definition) is 1. The van der Waals surface area contributed by atoms with E-state index in [1.54, 1.807) is 13.8 Å². The van der Waals surface area contributed by atoms with Crippen LogP contribution in [0.25, 0.3) is 11.1 Å². The molecule has 2 aromatic carbocycles. The van der Waals surface area contributed by atoms with Gasteiger partial charge in [-0.2, -0.15) is 0 Å². The van der Waals surface area contributed by atoms with Gasteiger partial charge in [0.25, 0.3) is 0 Å². The minimum atomic E-state index is -0.748. The summed E-state index contributed by atoms with van der Waals surface area (Å²) in [7, 11) is 0. The first-order chi connectivity index (χ1) is 7.99. The van der Waals surface area contributed by atoms with Crippen LogP contribution in [0.5, 0.6) is 5.75 Å². The van der Waals surface area contributed by atoms with Crippen LogP contribution in [0.15, 0.2) is 30.3 Å². The van der Waals surface area contributed by atoms with Crippen molar-refractivity contribution in [2.24, 2.45) is 0 Å². The van der Waals surface area contributed by atoms with Crippen LogP contribution in [0.1, 0.15) is 11.1 Å². The van der Waals surface area contributed by atoms with Gasteiger partial charge in [-0.3, -0.25) is 0 Å². The predicted octanol–water partition coefficient (Wildman–Crippen LogP) is 3.95. The fraction of sp³-hybridized carbons (Fsp3) is 0.143. The van der Waals surface area contributed by atoms with Gasteiger partial charge in [-0.25, -0.2) is 8.78 Å². The molecule has 0 spiro atoms. The van der Waals surface area contributed by atoms with E-state index < -0.39 is 11.6 Å². The third-order valence-corrected chi connectivity index (χ3v) is 2.67. The van der Waals surface area contributed by atoms with Crippen LogP contribution >= 0.6 is 0 Å². The molecule has 0 fully saturated rings. The maximum absolute atomic E-state index is 13.8. The highest BCUT2D eigenvalue weighted by Crippen LogP contribution is 2.30. The number of aromatic hydroxyl groups is 1. The van der Waals surface area contributed by atoms with Crippen molar-refractivity contribution in [1.29, 1.82) is 0 Å². The van der Waals surface area contributed by atoms with E-state index >= 15 is 0 Å². The van der Waals surface area contributed by atoms with E-state index in [0.29, 0.717) is 11.1 Å². The molecule has 2 rings (SSSR count). The highest BCUT2D eigenvalue weighted by Gasteiger charge is 2.11. The molecule has 1 nitrogen and oxygen atoms in total. The van der Waals surface area contributed by atoms with Crippen molar-refractivity contribution in [3.05, 3.63) is 53.1 Å². The maximum Gasteiger partial charge on any atom is 0.165 e. The first kappa shape index (κ1) is 11.6. The largest absolute Gasteiger partial charge is 0.505 e. The van der Waals surface area contributed by atoms with Crippen molar-refractivity contribution in [2.75, 3.05) is 0 Å². The number of halogens is 2. The van der Waals surface area contributed by atoms with E-state index in [9.17, 15) is 8.78 Å². The van der Waals surface area contributed by atoms with Gasteiger partial charge in [-0.05, 0) is 48.7 Å². The molecule has 0 atom stereocenters. The summed E-state index contributed by atoms with van der Waals surface area (Å²) in [5.74, 6) is -1.56. The van der Waals surface area contributed by atoms with Crippen LogP contribution in [-0.2, 0) is 0 Å². The molecule has 0 aliphatic carbocycles. The standard InChI is InChI=1S/C14H12F2O/c1-8-5-9(2)14(12(16)6-8)10-3-4-13(17)11(15)7-10/h3-7,17H,1-2H3. The molecule has 0 radical (unpaired) electrons. The van der Waals surface area contributed by atoms with E-state index in [4.69, 9.17) is 5.11 Å². The average Bonchev–Trinajstić information content (AvgIpc) is 2.21. The van der Waals surface area contributed by atoms with Gasteiger partial charge in [0, 0.05) is 5.56 Å². The molecule has 1 N–H and O–H groups in total. The topological polar surface area (TPSA) is 20.2 Å². The number of aryl methyl sites for hydroxylation is 2. The van der Waals surface area contributed by atoms with E-state index in [1.807, 2.05) is 6.07 Å². The number of phenols is 1. The minimum Gasteiger partial charge on any atom is -0.505 e. The molecule has 0 aliphatic rings. The van der Waals surface area contributed by atoms with Crippen molar-refractivity contribution < 1.29 is 13.9 Å². The van der Waals surface area contributed by atoms with E-state index in [0.717, 1.165) is 17.2 Å². The maximum atomic E-state index is 13.8. The summed E-state index contributed by atoms with van der Waals surface area (Å²) in [6.45, 7) is 3.58. The molecule has 0 saturated heterocycles. The molecule has 0 aliphatic heterocycles. The second-order valence-electron chi connectivity index (χ2n) is 4.10. The molecule has 2 aromatic rings. The highest BCUT2D eigenvalue weighted by molar-refractivity contribution is 5.69. The Hall–Kier alpha value is -1.90. The minimum absolute atomic E-state index is 0.370. The molecular weight excluding hydrogens is 222 g/mol. The SMILES string of the molecule is Cc1cc(C)c(-c2ccc(O)c(F)c2)c(F)c1. The lowest BCUT2D eigenvalue weighted by atomic mass is 9.98. The summed E-state index contributed by atoms with van der Waals surface area (Å²) < 4.78 is 27.1. The lowest BCUT2D eigenvalue weighted by Crippen LogP contribution is -1.91. The Kier molecular flexibility index (Phi) is 2.84. The Morgan fingerprint density at radius 2 is 1.65 bits per heavy atom. The van der Waals surface area contributed by atoms with Crippen LogP contribution in [0.2, 0.25) is 0 Å². The molecule has 0 heterocycles. The quantitative estimate of drug-likeness (QED) is 0.792. The van der Waals surface area contributed by atoms with E-state index in [-0.39, 0.29) is 5.82 Å². The first-order valence-electron chi connectivity index (χ1n) is 5.24. The molecule has 0 saturated carbocycles. The lowest BCUT2D eigenvalue weighted by molar-refractivity contribution is 0.432. The molecule has 88 valence electrons. The molecule has 17 heavy (non-hydrogen) atoms. The number of rotatable bonds is 1. The summed E-state index contributed by atoms with van der Waals surface area (Å²) in [6.07, 6.45) is 0. The number of phenolic OH excluding ortho intramolecular Hbond substituents is 1. The van der Waals surface area contributed by atoms with Crippen molar-refractivity contribution in [1.82, 2.24) is 0 Å². The first-order valence-corrected chi connectivity index (χ1v) is 5.24. The Morgan fingerprint density at radius 1 is 0.941 bits per heavy atom. The third kappa shape index (κ3) is 2.13. The fourth-order valence-corrected chi connectivity index (χ4v) is 1.94. The van der Waals surface area contributed by atoms with Crippen LogP contribution < -0.4 is 0 Å². The number of hydrogen-bond donors (Lipinski definition) is 1. The second-order valence-corrected chi connectivity index (χ2v) is 4.10. The summed E-state index contributed by atoms with van der Waals surface area (Å²) >= 11 is 0. The van der Waals surface area contributed by atoms with Gasteiger partial charge >= 0.3 is 0 Å². The van der Waals surface area contributed by atoms with Crippen molar-refractivity contribution in [3.8, 4) is 16.9 Å². The van der Waals surface area contributed by atoms with Crippen LogP contribution in [0.4, 0.5) is 8.78 Å². The van der Waals surface area contributed by atoms with Crippen LogP contribution in [-0.4, -0.2) is 5.11 Å². The molecule has 0 aromatic heterocycles. The van der Waals surface area contributed by atoms with Crippen LogP contribution in [0.3, 0.4) is 0 Å². The second kappa shape index (κ2) is 4.17. The van der Waals surface area contributed by atoms with Crippen molar-refractivity contribution in [2.45, 2.75) is 13.8 Å². The van der Waals surface area contributed by atoms with Gasteiger partial charge in [0.2, 0.25) is 0 Å². The van der Waals surface area contributed by atoms with E-state index in [1.165, 1.54) is 18.2 Å². The molecule has 0 amide bonds. The summed E-state index contributed by atoms with van der Waals surface area (Å²) in [5, 5.41) is 9.10. The van der Waals surface area contributed by atoms with Gasteiger partial charge in [0.05, 0.1) is 0 Å².